The number of benzene rings is 1. The molecule has 8 heteroatoms. The molecule has 6 nitrogen and oxygen atoms in total. The van der Waals surface area contributed by atoms with Crippen molar-refractivity contribution < 1.29 is 23.9 Å². The van der Waals surface area contributed by atoms with E-state index in [0.717, 1.165) is 0 Å². The molecule has 1 N–H and O–H groups in total. The van der Waals surface area contributed by atoms with Crippen molar-refractivity contribution in [1.82, 2.24) is 5.32 Å². The molecule has 1 aliphatic rings. The summed E-state index contributed by atoms with van der Waals surface area (Å²) >= 11 is 7.34. The SMILES string of the molecule is CSCC[C@H](NC(=O)c1ccc(Cl)cc1)C(=O)O[C@H]1CCOC1=O. The molecular weight excluding hydrogens is 354 g/mol. The van der Waals surface area contributed by atoms with E-state index < -0.39 is 30.0 Å². The van der Waals surface area contributed by atoms with Crippen LogP contribution in [0.1, 0.15) is 23.2 Å². The summed E-state index contributed by atoms with van der Waals surface area (Å²) in [5, 5.41) is 3.17. The van der Waals surface area contributed by atoms with Crippen molar-refractivity contribution in [2.24, 2.45) is 0 Å². The fraction of sp³-hybridized carbons (Fsp3) is 0.438. The lowest BCUT2D eigenvalue weighted by Gasteiger charge is -2.19. The summed E-state index contributed by atoms with van der Waals surface area (Å²) in [5.41, 5.74) is 0.390. The average Bonchev–Trinajstić information content (AvgIpc) is 2.96. The van der Waals surface area contributed by atoms with E-state index in [1.807, 2.05) is 6.26 Å². The second-order valence-electron chi connectivity index (χ2n) is 5.20. The molecule has 0 radical (unpaired) electrons. The molecule has 1 saturated heterocycles. The number of cyclic esters (lactones) is 1. The van der Waals surface area contributed by atoms with Gasteiger partial charge in [-0.2, -0.15) is 11.8 Å². The first-order valence-electron chi connectivity index (χ1n) is 7.43. The van der Waals surface area contributed by atoms with Gasteiger partial charge in [-0.1, -0.05) is 11.6 Å². The summed E-state index contributed by atoms with van der Waals surface area (Å²) in [7, 11) is 0. The molecule has 1 amide bonds. The van der Waals surface area contributed by atoms with Gasteiger partial charge in [0.2, 0.25) is 6.10 Å². The maximum atomic E-state index is 12.3. The third kappa shape index (κ3) is 5.14. The van der Waals surface area contributed by atoms with Crippen LogP contribution in [0.2, 0.25) is 5.02 Å². The van der Waals surface area contributed by atoms with Crippen molar-refractivity contribution in [3.63, 3.8) is 0 Å². The van der Waals surface area contributed by atoms with E-state index in [4.69, 9.17) is 21.1 Å². The van der Waals surface area contributed by atoms with Crippen LogP contribution in [0, 0.1) is 0 Å². The van der Waals surface area contributed by atoms with Gasteiger partial charge in [0.05, 0.1) is 6.61 Å². The molecule has 1 heterocycles. The third-order valence-corrected chi connectivity index (χ3v) is 4.35. The minimum atomic E-state index is -0.887. The predicted molar refractivity (Wildman–Crippen MR) is 91.2 cm³/mol. The van der Waals surface area contributed by atoms with Crippen LogP contribution in [-0.2, 0) is 19.1 Å². The van der Waals surface area contributed by atoms with Crippen molar-refractivity contribution in [2.45, 2.75) is 25.0 Å². The Kier molecular flexibility index (Phi) is 6.93. The molecule has 1 aromatic rings. The summed E-state index contributed by atoms with van der Waals surface area (Å²) in [6, 6.07) is 5.51. The Morgan fingerprint density at radius 2 is 2.12 bits per heavy atom. The van der Waals surface area contributed by atoms with Gasteiger partial charge in [-0.25, -0.2) is 9.59 Å². The molecule has 2 atom stereocenters. The monoisotopic (exact) mass is 371 g/mol. The normalized spacial score (nSPS) is 17.9. The number of ether oxygens (including phenoxy) is 2. The number of halogens is 1. The number of esters is 2. The molecule has 0 aliphatic carbocycles. The van der Waals surface area contributed by atoms with Crippen LogP contribution in [0.4, 0.5) is 0 Å². The number of hydrogen-bond acceptors (Lipinski definition) is 6. The van der Waals surface area contributed by atoms with Crippen molar-refractivity contribution in [1.29, 1.82) is 0 Å². The average molecular weight is 372 g/mol. The highest BCUT2D eigenvalue weighted by molar-refractivity contribution is 7.98. The van der Waals surface area contributed by atoms with Gasteiger partial charge in [0, 0.05) is 17.0 Å². The second kappa shape index (κ2) is 8.94. The standard InChI is InChI=1S/C16H18ClNO5S/c1-24-9-7-12(15(20)23-13-6-8-22-16(13)21)18-14(19)10-2-4-11(17)5-3-10/h2-5,12-13H,6-9H2,1H3,(H,18,19)/t12-,13-/m0/s1. The highest BCUT2D eigenvalue weighted by atomic mass is 35.5. The molecule has 1 fully saturated rings. The highest BCUT2D eigenvalue weighted by Gasteiger charge is 2.33. The van der Waals surface area contributed by atoms with Crippen LogP contribution in [0.15, 0.2) is 24.3 Å². The summed E-state index contributed by atoms with van der Waals surface area (Å²) in [5.74, 6) is -0.912. The van der Waals surface area contributed by atoms with Crippen LogP contribution in [0.3, 0.4) is 0 Å². The Morgan fingerprint density at radius 1 is 1.42 bits per heavy atom. The largest absolute Gasteiger partial charge is 0.463 e. The topological polar surface area (TPSA) is 81.7 Å². The van der Waals surface area contributed by atoms with E-state index in [-0.39, 0.29) is 6.61 Å². The van der Waals surface area contributed by atoms with Gasteiger partial charge in [-0.3, -0.25) is 4.79 Å². The number of hydrogen-bond donors (Lipinski definition) is 1. The molecule has 1 aliphatic heterocycles. The minimum Gasteiger partial charge on any atom is -0.463 e. The Balaban J connectivity index is 2.00. The fourth-order valence-electron chi connectivity index (χ4n) is 2.13. The summed E-state index contributed by atoms with van der Waals surface area (Å²) < 4.78 is 9.95. The number of thioether (sulfide) groups is 1. The van der Waals surface area contributed by atoms with E-state index in [2.05, 4.69) is 5.32 Å². The zero-order chi connectivity index (χ0) is 17.5. The van der Waals surface area contributed by atoms with Gasteiger partial charge in [0.1, 0.15) is 6.04 Å². The van der Waals surface area contributed by atoms with Crippen LogP contribution in [0.25, 0.3) is 0 Å². The van der Waals surface area contributed by atoms with E-state index in [1.54, 1.807) is 36.0 Å². The number of amides is 1. The molecule has 0 aromatic heterocycles. The third-order valence-electron chi connectivity index (χ3n) is 3.45. The zero-order valence-corrected chi connectivity index (χ0v) is 14.7. The van der Waals surface area contributed by atoms with Gasteiger partial charge >= 0.3 is 11.9 Å². The maximum absolute atomic E-state index is 12.3. The van der Waals surface area contributed by atoms with Gasteiger partial charge in [-0.05, 0) is 42.7 Å². The minimum absolute atomic E-state index is 0.239. The molecule has 0 bridgehead atoms. The number of rotatable bonds is 7. The lowest BCUT2D eigenvalue weighted by molar-refractivity contribution is -0.161. The highest BCUT2D eigenvalue weighted by Crippen LogP contribution is 2.14. The van der Waals surface area contributed by atoms with Crippen molar-refractivity contribution >= 4 is 41.2 Å². The van der Waals surface area contributed by atoms with E-state index in [9.17, 15) is 14.4 Å². The van der Waals surface area contributed by atoms with E-state index >= 15 is 0 Å². The first kappa shape index (κ1) is 18.6. The van der Waals surface area contributed by atoms with Crippen molar-refractivity contribution in [2.75, 3.05) is 18.6 Å². The quantitative estimate of drug-likeness (QED) is 0.739. The van der Waals surface area contributed by atoms with Crippen molar-refractivity contribution in [3.8, 4) is 0 Å². The Bertz CT molecular complexity index is 607. The van der Waals surface area contributed by atoms with Gasteiger partial charge in [0.15, 0.2) is 0 Å². The zero-order valence-electron chi connectivity index (χ0n) is 13.1. The Hall–Kier alpha value is -1.73. The molecule has 0 saturated carbocycles. The van der Waals surface area contributed by atoms with Crippen molar-refractivity contribution in [3.05, 3.63) is 34.9 Å². The first-order valence-corrected chi connectivity index (χ1v) is 9.21. The molecule has 2 rings (SSSR count). The van der Waals surface area contributed by atoms with E-state index in [0.29, 0.717) is 29.2 Å². The maximum Gasteiger partial charge on any atom is 0.347 e. The number of carbonyl (C=O) groups is 3. The smallest absolute Gasteiger partial charge is 0.347 e. The summed E-state index contributed by atoms with van der Waals surface area (Å²) in [6.45, 7) is 0.239. The van der Waals surface area contributed by atoms with Crippen LogP contribution >= 0.6 is 23.4 Å². The summed E-state index contributed by atoms with van der Waals surface area (Å²) in [4.78, 5) is 36.0. The lowest BCUT2D eigenvalue weighted by atomic mass is 10.1. The van der Waals surface area contributed by atoms with Crippen LogP contribution in [0.5, 0.6) is 0 Å². The predicted octanol–water partition coefficient (Wildman–Crippen LogP) is 2.05. The molecule has 24 heavy (non-hydrogen) atoms. The molecule has 0 spiro atoms. The second-order valence-corrected chi connectivity index (χ2v) is 6.62. The molecule has 130 valence electrons. The van der Waals surface area contributed by atoms with Gasteiger partial charge in [-0.15, -0.1) is 0 Å². The fourth-order valence-corrected chi connectivity index (χ4v) is 2.73. The van der Waals surface area contributed by atoms with Gasteiger partial charge in [0.25, 0.3) is 5.91 Å². The Morgan fingerprint density at radius 3 is 2.71 bits per heavy atom. The first-order chi connectivity index (χ1) is 11.5. The molecular formula is C16H18ClNO5S. The number of carbonyl (C=O) groups excluding carboxylic acids is 3. The van der Waals surface area contributed by atoms with Crippen LogP contribution < -0.4 is 5.32 Å². The summed E-state index contributed by atoms with van der Waals surface area (Å²) in [6.07, 6.45) is 1.76. The van der Waals surface area contributed by atoms with E-state index in [1.165, 1.54) is 0 Å². The van der Waals surface area contributed by atoms with Crippen LogP contribution in [-0.4, -0.2) is 48.6 Å². The Labute approximate surface area is 149 Å². The van der Waals surface area contributed by atoms with Gasteiger partial charge < -0.3 is 14.8 Å². The lowest BCUT2D eigenvalue weighted by Crippen LogP contribution is -2.44. The number of nitrogens with one attached hydrogen (secondary N) is 1. The molecule has 1 aromatic carbocycles. The molecule has 0 unspecified atom stereocenters.